The quantitative estimate of drug-likeness (QED) is 0.614. The third-order valence-electron chi connectivity index (χ3n) is 2.81. The van der Waals surface area contributed by atoms with Crippen molar-refractivity contribution in [1.82, 2.24) is 4.90 Å². The van der Waals surface area contributed by atoms with Crippen LogP contribution in [0.2, 0.25) is 0 Å². The number of aliphatic hydroxyl groups excluding tert-OH is 1. The van der Waals surface area contributed by atoms with Crippen LogP contribution in [-0.2, 0) is 6.54 Å². The lowest BCUT2D eigenvalue weighted by molar-refractivity contribution is 0.175. The zero-order chi connectivity index (χ0) is 10.8. The minimum Gasteiger partial charge on any atom is -0.399 e. The normalized spacial score (nSPS) is 22.1. The van der Waals surface area contributed by atoms with Gasteiger partial charge in [-0.3, -0.25) is 4.90 Å². The van der Waals surface area contributed by atoms with E-state index in [2.05, 4.69) is 4.90 Å². The molecule has 0 aromatic heterocycles. The monoisotopic (exact) mass is 207 g/mol. The molecule has 1 heterocycles. The van der Waals surface area contributed by atoms with Crippen LogP contribution in [-0.4, -0.2) is 29.2 Å². The molecule has 1 aromatic rings. The number of hydrogen-bond donors (Lipinski definition) is 3. The van der Waals surface area contributed by atoms with Crippen LogP contribution in [0.15, 0.2) is 18.2 Å². The third-order valence-corrected chi connectivity index (χ3v) is 2.81. The van der Waals surface area contributed by atoms with E-state index in [-0.39, 0.29) is 6.10 Å². The molecule has 4 nitrogen and oxygen atoms in total. The van der Waals surface area contributed by atoms with Crippen molar-refractivity contribution in [2.24, 2.45) is 0 Å². The lowest BCUT2D eigenvalue weighted by atomic mass is 10.1. The molecule has 1 aliphatic rings. The van der Waals surface area contributed by atoms with Crippen LogP contribution in [0.1, 0.15) is 12.0 Å². The van der Waals surface area contributed by atoms with Gasteiger partial charge in [0.25, 0.3) is 0 Å². The van der Waals surface area contributed by atoms with Crippen molar-refractivity contribution in [2.45, 2.75) is 19.1 Å². The van der Waals surface area contributed by atoms with E-state index >= 15 is 0 Å². The molecule has 1 unspecified atom stereocenters. The predicted octanol–water partition coefficient (Wildman–Crippen LogP) is 0.418. The molecule has 1 saturated heterocycles. The highest BCUT2D eigenvalue weighted by Crippen LogP contribution is 2.20. The summed E-state index contributed by atoms with van der Waals surface area (Å²) in [7, 11) is 0. The first-order chi connectivity index (χ1) is 7.15. The molecule has 4 heteroatoms. The van der Waals surface area contributed by atoms with Crippen LogP contribution in [0.3, 0.4) is 0 Å². The fourth-order valence-electron chi connectivity index (χ4n) is 1.96. The van der Waals surface area contributed by atoms with Gasteiger partial charge < -0.3 is 16.6 Å². The molecule has 0 bridgehead atoms. The summed E-state index contributed by atoms with van der Waals surface area (Å²) in [5.41, 5.74) is 14.1. The molecule has 15 heavy (non-hydrogen) atoms. The summed E-state index contributed by atoms with van der Waals surface area (Å²) in [6.45, 7) is 2.43. The number of nitrogen functional groups attached to an aromatic ring is 2. The maximum absolute atomic E-state index is 9.40. The molecule has 2 rings (SSSR count). The molecule has 0 amide bonds. The summed E-state index contributed by atoms with van der Waals surface area (Å²) >= 11 is 0. The Morgan fingerprint density at radius 1 is 1.40 bits per heavy atom. The van der Waals surface area contributed by atoms with E-state index in [1.165, 1.54) is 0 Å². The number of nitrogens with zero attached hydrogens (tertiary/aromatic N) is 1. The van der Waals surface area contributed by atoms with E-state index in [9.17, 15) is 5.11 Å². The minimum atomic E-state index is -0.188. The van der Waals surface area contributed by atoms with Gasteiger partial charge in [0.15, 0.2) is 0 Å². The number of aliphatic hydroxyl groups is 1. The highest BCUT2D eigenvalue weighted by atomic mass is 16.3. The van der Waals surface area contributed by atoms with Gasteiger partial charge in [-0.25, -0.2) is 0 Å². The van der Waals surface area contributed by atoms with Gasteiger partial charge in [0.05, 0.1) is 6.10 Å². The van der Waals surface area contributed by atoms with Gasteiger partial charge in [-0.15, -0.1) is 0 Å². The van der Waals surface area contributed by atoms with Gasteiger partial charge in [-0.1, -0.05) is 0 Å². The Kier molecular flexibility index (Phi) is 2.79. The van der Waals surface area contributed by atoms with Crippen molar-refractivity contribution >= 4 is 11.4 Å². The molecule has 0 spiro atoms. The number of anilines is 2. The summed E-state index contributed by atoms with van der Waals surface area (Å²) in [6, 6.07) is 5.54. The largest absolute Gasteiger partial charge is 0.399 e. The highest BCUT2D eigenvalue weighted by Gasteiger charge is 2.20. The fourth-order valence-corrected chi connectivity index (χ4v) is 1.96. The van der Waals surface area contributed by atoms with E-state index in [0.29, 0.717) is 0 Å². The second kappa shape index (κ2) is 4.08. The van der Waals surface area contributed by atoms with E-state index in [1.54, 1.807) is 6.07 Å². The molecule has 0 saturated carbocycles. The standard InChI is InChI=1S/C11H17N3O/c12-9-1-2-11(13)8(5-9)6-14-4-3-10(15)7-14/h1-2,5,10,15H,3-4,6-7,12-13H2. The van der Waals surface area contributed by atoms with E-state index in [1.807, 2.05) is 12.1 Å². The van der Waals surface area contributed by atoms with Gasteiger partial charge in [-0.2, -0.15) is 0 Å². The summed E-state index contributed by atoms with van der Waals surface area (Å²) in [6.07, 6.45) is 0.662. The Bertz CT molecular complexity index is 354. The molecule has 1 aliphatic heterocycles. The Morgan fingerprint density at radius 2 is 2.20 bits per heavy atom. The van der Waals surface area contributed by atoms with Crippen LogP contribution in [0.5, 0.6) is 0 Å². The van der Waals surface area contributed by atoms with Crippen molar-refractivity contribution in [3.8, 4) is 0 Å². The van der Waals surface area contributed by atoms with Gasteiger partial charge in [0.2, 0.25) is 0 Å². The van der Waals surface area contributed by atoms with E-state index in [4.69, 9.17) is 11.5 Å². The van der Waals surface area contributed by atoms with Crippen LogP contribution in [0, 0.1) is 0 Å². The van der Waals surface area contributed by atoms with Crippen molar-refractivity contribution < 1.29 is 5.11 Å². The zero-order valence-electron chi connectivity index (χ0n) is 8.69. The second-order valence-corrected chi connectivity index (χ2v) is 4.14. The summed E-state index contributed by atoms with van der Waals surface area (Å²) in [5.74, 6) is 0. The molecule has 1 atom stereocenters. The van der Waals surface area contributed by atoms with Crippen molar-refractivity contribution in [1.29, 1.82) is 0 Å². The van der Waals surface area contributed by atoms with Gasteiger partial charge in [0.1, 0.15) is 0 Å². The third kappa shape index (κ3) is 2.40. The average molecular weight is 207 g/mol. The number of benzene rings is 1. The molecule has 0 radical (unpaired) electrons. The minimum absolute atomic E-state index is 0.188. The molecule has 1 fully saturated rings. The van der Waals surface area contributed by atoms with E-state index in [0.717, 1.165) is 43.0 Å². The first-order valence-electron chi connectivity index (χ1n) is 5.19. The Balaban J connectivity index is 2.07. The molecular weight excluding hydrogens is 190 g/mol. The van der Waals surface area contributed by atoms with Crippen molar-refractivity contribution in [2.75, 3.05) is 24.6 Å². The van der Waals surface area contributed by atoms with Crippen LogP contribution < -0.4 is 11.5 Å². The number of likely N-dealkylation sites (tertiary alicyclic amines) is 1. The maximum Gasteiger partial charge on any atom is 0.0679 e. The summed E-state index contributed by atoms with van der Waals surface area (Å²) < 4.78 is 0. The smallest absolute Gasteiger partial charge is 0.0679 e. The number of rotatable bonds is 2. The SMILES string of the molecule is Nc1ccc(N)c(CN2CCC(O)C2)c1. The molecule has 5 N–H and O–H groups in total. The molecule has 82 valence electrons. The average Bonchev–Trinajstić information content (AvgIpc) is 2.58. The van der Waals surface area contributed by atoms with Crippen molar-refractivity contribution in [3.05, 3.63) is 23.8 Å². The Labute approximate surface area is 89.5 Å². The molecule has 0 aliphatic carbocycles. The van der Waals surface area contributed by atoms with E-state index < -0.39 is 0 Å². The highest BCUT2D eigenvalue weighted by molar-refractivity contribution is 5.55. The number of β-amino-alcohol motifs (C(OH)–C–C–N with tert-alkyl or cyclic N) is 1. The van der Waals surface area contributed by atoms with Crippen molar-refractivity contribution in [3.63, 3.8) is 0 Å². The second-order valence-electron chi connectivity index (χ2n) is 4.14. The maximum atomic E-state index is 9.40. The van der Waals surface area contributed by atoms with Gasteiger partial charge >= 0.3 is 0 Å². The first kappa shape index (κ1) is 10.3. The van der Waals surface area contributed by atoms with Gasteiger partial charge in [0, 0.05) is 31.0 Å². The van der Waals surface area contributed by atoms with Gasteiger partial charge in [-0.05, 0) is 30.2 Å². The Morgan fingerprint density at radius 3 is 2.87 bits per heavy atom. The van der Waals surface area contributed by atoms with Crippen LogP contribution in [0.25, 0.3) is 0 Å². The number of hydrogen-bond acceptors (Lipinski definition) is 4. The number of nitrogens with two attached hydrogens (primary N) is 2. The fraction of sp³-hybridized carbons (Fsp3) is 0.455. The first-order valence-corrected chi connectivity index (χ1v) is 5.19. The zero-order valence-corrected chi connectivity index (χ0v) is 8.69. The molecule has 1 aromatic carbocycles. The predicted molar refractivity (Wildman–Crippen MR) is 61.2 cm³/mol. The lowest BCUT2D eigenvalue weighted by Crippen LogP contribution is -2.22. The topological polar surface area (TPSA) is 75.5 Å². The van der Waals surface area contributed by atoms with Crippen LogP contribution in [0.4, 0.5) is 11.4 Å². The molecular formula is C11H17N3O. The summed E-state index contributed by atoms with van der Waals surface area (Å²) in [4.78, 5) is 2.19. The lowest BCUT2D eigenvalue weighted by Gasteiger charge is -2.16. The summed E-state index contributed by atoms with van der Waals surface area (Å²) in [5, 5.41) is 9.40. The Hall–Kier alpha value is -1.26. The van der Waals surface area contributed by atoms with Crippen LogP contribution >= 0.6 is 0 Å².